The van der Waals surface area contributed by atoms with Crippen molar-refractivity contribution >= 4 is 5.91 Å². The maximum Gasteiger partial charge on any atom is 0.231 e. The summed E-state index contributed by atoms with van der Waals surface area (Å²) in [7, 11) is 0. The van der Waals surface area contributed by atoms with E-state index in [0.29, 0.717) is 56.9 Å². The van der Waals surface area contributed by atoms with Crippen LogP contribution in [-0.4, -0.2) is 42.4 Å². The van der Waals surface area contributed by atoms with Gasteiger partial charge in [-0.05, 0) is 49.4 Å². The number of aryl methyl sites for hydroxylation is 1. The van der Waals surface area contributed by atoms with Crippen LogP contribution in [0.1, 0.15) is 36.8 Å². The van der Waals surface area contributed by atoms with Crippen molar-refractivity contribution in [3.63, 3.8) is 0 Å². The Hall–Kier alpha value is -2.73. The fraction of sp³-hybridized carbons (Fsp3) is 0.435. The first-order valence-electron chi connectivity index (χ1n) is 10.1. The molecule has 0 bridgehead atoms. The first-order valence-corrected chi connectivity index (χ1v) is 10.1. The second-order valence-corrected chi connectivity index (χ2v) is 7.69. The lowest BCUT2D eigenvalue weighted by atomic mass is 9.82. The zero-order chi connectivity index (χ0) is 20.3. The van der Waals surface area contributed by atoms with Gasteiger partial charge in [0.15, 0.2) is 11.5 Å². The summed E-state index contributed by atoms with van der Waals surface area (Å²) >= 11 is 0. The number of hydrogen-bond acceptors (Lipinski definition) is 5. The van der Waals surface area contributed by atoms with E-state index in [1.165, 1.54) is 0 Å². The number of likely N-dealkylation sites (tertiary alicyclic amines) is 1. The molecule has 6 nitrogen and oxygen atoms in total. The van der Waals surface area contributed by atoms with Crippen LogP contribution in [0, 0.1) is 6.92 Å². The van der Waals surface area contributed by atoms with Crippen LogP contribution in [0.3, 0.4) is 0 Å². The zero-order valence-corrected chi connectivity index (χ0v) is 16.7. The first-order chi connectivity index (χ1) is 14.0. The van der Waals surface area contributed by atoms with Crippen LogP contribution in [0.5, 0.6) is 17.2 Å². The molecule has 1 saturated heterocycles. The predicted molar refractivity (Wildman–Crippen MR) is 108 cm³/mol. The van der Waals surface area contributed by atoms with Crippen LogP contribution < -0.4 is 14.2 Å². The highest BCUT2D eigenvalue weighted by atomic mass is 16.7. The third kappa shape index (κ3) is 4.32. The molecule has 2 aliphatic rings. The third-order valence-corrected chi connectivity index (χ3v) is 5.74. The van der Waals surface area contributed by atoms with Crippen molar-refractivity contribution < 1.29 is 24.1 Å². The van der Waals surface area contributed by atoms with Gasteiger partial charge in [-0.1, -0.05) is 24.3 Å². The average molecular weight is 397 g/mol. The molecular weight excluding hydrogens is 370 g/mol. The molecule has 0 aromatic heterocycles. The van der Waals surface area contributed by atoms with Crippen molar-refractivity contribution in [2.24, 2.45) is 0 Å². The molecule has 2 heterocycles. The van der Waals surface area contributed by atoms with E-state index in [0.717, 1.165) is 16.9 Å². The van der Waals surface area contributed by atoms with E-state index in [1.54, 1.807) is 6.07 Å². The van der Waals surface area contributed by atoms with Crippen LogP contribution >= 0.6 is 0 Å². The van der Waals surface area contributed by atoms with Gasteiger partial charge in [0, 0.05) is 25.6 Å². The van der Waals surface area contributed by atoms with Crippen molar-refractivity contribution in [1.29, 1.82) is 0 Å². The van der Waals surface area contributed by atoms with E-state index in [2.05, 4.69) is 0 Å². The monoisotopic (exact) mass is 397 g/mol. The maximum atomic E-state index is 12.5. The number of piperidine rings is 1. The van der Waals surface area contributed by atoms with Gasteiger partial charge in [-0.2, -0.15) is 0 Å². The smallest absolute Gasteiger partial charge is 0.231 e. The largest absolute Gasteiger partial charge is 0.493 e. The Kier molecular flexibility index (Phi) is 5.62. The molecule has 0 radical (unpaired) electrons. The third-order valence-electron chi connectivity index (χ3n) is 5.74. The van der Waals surface area contributed by atoms with Gasteiger partial charge in [0.1, 0.15) is 5.75 Å². The van der Waals surface area contributed by atoms with Crippen molar-refractivity contribution in [3.8, 4) is 17.2 Å². The van der Waals surface area contributed by atoms with Gasteiger partial charge in [0.2, 0.25) is 12.7 Å². The van der Waals surface area contributed by atoms with Crippen LogP contribution in [0.15, 0.2) is 42.5 Å². The molecule has 1 amide bonds. The molecule has 4 rings (SSSR count). The van der Waals surface area contributed by atoms with Crippen LogP contribution in [0.2, 0.25) is 0 Å². The van der Waals surface area contributed by atoms with E-state index in [9.17, 15) is 9.90 Å². The zero-order valence-electron chi connectivity index (χ0n) is 16.7. The Bertz CT molecular complexity index is 873. The molecule has 2 aromatic carbocycles. The van der Waals surface area contributed by atoms with E-state index in [1.807, 2.05) is 48.2 Å². The Balaban J connectivity index is 1.22. The summed E-state index contributed by atoms with van der Waals surface area (Å²) in [5.74, 6) is 2.24. The molecule has 1 N–H and O–H groups in total. The number of hydrogen-bond donors (Lipinski definition) is 1. The number of benzene rings is 2. The number of aliphatic hydroxyl groups is 1. The molecule has 2 aromatic rings. The second kappa shape index (κ2) is 8.33. The molecule has 0 unspecified atom stereocenters. The first kappa shape index (κ1) is 19.6. The van der Waals surface area contributed by atoms with Gasteiger partial charge in [-0.15, -0.1) is 0 Å². The Morgan fingerprint density at radius 2 is 1.90 bits per heavy atom. The van der Waals surface area contributed by atoms with Gasteiger partial charge >= 0.3 is 0 Å². The summed E-state index contributed by atoms with van der Waals surface area (Å²) in [6.07, 6.45) is 2.22. The quantitative estimate of drug-likeness (QED) is 0.757. The molecule has 2 aliphatic heterocycles. The fourth-order valence-corrected chi connectivity index (χ4v) is 4.03. The summed E-state index contributed by atoms with van der Waals surface area (Å²) < 4.78 is 16.3. The highest BCUT2D eigenvalue weighted by Crippen LogP contribution is 2.36. The lowest BCUT2D eigenvalue weighted by Gasteiger charge is -2.39. The number of carbonyl (C=O) groups excluding carboxylic acids is 1. The Labute approximate surface area is 171 Å². The molecule has 29 heavy (non-hydrogen) atoms. The number of carbonyl (C=O) groups is 1. The van der Waals surface area contributed by atoms with Crippen LogP contribution in [-0.2, 0) is 10.4 Å². The minimum absolute atomic E-state index is 0.117. The van der Waals surface area contributed by atoms with Gasteiger partial charge < -0.3 is 24.2 Å². The molecule has 0 saturated carbocycles. The topological polar surface area (TPSA) is 68.2 Å². The SMILES string of the molecule is Cc1ccccc1C1(O)CCN(C(=O)CCCOc2ccc3c(c2)OCO3)CC1. The van der Waals surface area contributed by atoms with Gasteiger partial charge in [-0.3, -0.25) is 4.79 Å². The van der Waals surface area contributed by atoms with E-state index >= 15 is 0 Å². The molecule has 0 spiro atoms. The van der Waals surface area contributed by atoms with Crippen molar-refractivity contribution in [3.05, 3.63) is 53.6 Å². The molecule has 0 atom stereocenters. The molecule has 6 heteroatoms. The standard InChI is InChI=1S/C23H27NO5/c1-17-5-2-3-6-19(17)23(26)10-12-24(13-11-23)22(25)7-4-14-27-18-8-9-20-21(15-18)29-16-28-20/h2-3,5-6,8-9,15,26H,4,7,10-14,16H2,1H3. The molecule has 1 fully saturated rings. The summed E-state index contributed by atoms with van der Waals surface area (Å²) in [6.45, 7) is 3.87. The Morgan fingerprint density at radius 3 is 2.69 bits per heavy atom. The number of rotatable bonds is 6. The summed E-state index contributed by atoms with van der Waals surface area (Å²) in [5, 5.41) is 11.1. The number of amides is 1. The van der Waals surface area contributed by atoms with E-state index < -0.39 is 5.60 Å². The number of ether oxygens (including phenoxy) is 3. The lowest BCUT2D eigenvalue weighted by Crippen LogP contribution is -2.45. The van der Waals surface area contributed by atoms with Crippen LogP contribution in [0.25, 0.3) is 0 Å². The number of fused-ring (bicyclic) bond motifs is 1. The van der Waals surface area contributed by atoms with Crippen molar-refractivity contribution in [1.82, 2.24) is 4.90 Å². The van der Waals surface area contributed by atoms with Gasteiger partial charge in [-0.25, -0.2) is 0 Å². The summed E-state index contributed by atoms with van der Waals surface area (Å²) in [4.78, 5) is 14.4. The van der Waals surface area contributed by atoms with Crippen molar-refractivity contribution in [2.45, 2.75) is 38.2 Å². The van der Waals surface area contributed by atoms with E-state index in [-0.39, 0.29) is 12.7 Å². The summed E-state index contributed by atoms with van der Waals surface area (Å²) in [5.41, 5.74) is 1.23. The molecular formula is C23H27NO5. The normalized spacial score (nSPS) is 17.2. The van der Waals surface area contributed by atoms with Crippen molar-refractivity contribution in [2.75, 3.05) is 26.5 Å². The van der Waals surface area contributed by atoms with Gasteiger partial charge in [0.05, 0.1) is 12.2 Å². The second-order valence-electron chi connectivity index (χ2n) is 7.69. The average Bonchev–Trinajstić information content (AvgIpc) is 3.20. The molecule has 0 aliphatic carbocycles. The van der Waals surface area contributed by atoms with Gasteiger partial charge in [0.25, 0.3) is 0 Å². The van der Waals surface area contributed by atoms with E-state index in [4.69, 9.17) is 14.2 Å². The van der Waals surface area contributed by atoms with Crippen LogP contribution in [0.4, 0.5) is 0 Å². The molecule has 154 valence electrons. The minimum Gasteiger partial charge on any atom is -0.493 e. The maximum absolute atomic E-state index is 12.5. The predicted octanol–water partition coefficient (Wildman–Crippen LogP) is 3.39. The Morgan fingerprint density at radius 1 is 1.14 bits per heavy atom. The number of nitrogens with zero attached hydrogens (tertiary/aromatic N) is 1. The highest BCUT2D eigenvalue weighted by molar-refractivity contribution is 5.76. The lowest BCUT2D eigenvalue weighted by molar-refractivity contribution is -0.136. The highest BCUT2D eigenvalue weighted by Gasteiger charge is 2.36. The fourth-order valence-electron chi connectivity index (χ4n) is 4.03. The summed E-state index contributed by atoms with van der Waals surface area (Å²) in [6, 6.07) is 13.4. The minimum atomic E-state index is -0.843.